The number of nitrogens with two attached hydrogens (primary N) is 1. The molecule has 0 spiro atoms. The summed E-state index contributed by atoms with van der Waals surface area (Å²) in [6, 6.07) is 13.4. The lowest BCUT2D eigenvalue weighted by Gasteiger charge is -2.09. The SMILES string of the molecule is Cc1cc(C)cc(OCCNC(=O)Cc2ccc(N)cc2)c1. The number of amides is 1. The number of anilines is 1. The van der Waals surface area contributed by atoms with Crippen LogP contribution in [0.4, 0.5) is 5.69 Å². The number of ether oxygens (including phenoxy) is 1. The number of nitrogens with one attached hydrogen (secondary N) is 1. The number of rotatable bonds is 6. The van der Waals surface area contributed by atoms with Crippen LogP contribution in [-0.2, 0) is 11.2 Å². The van der Waals surface area contributed by atoms with Crippen molar-refractivity contribution in [2.75, 3.05) is 18.9 Å². The molecule has 3 N–H and O–H groups in total. The molecule has 22 heavy (non-hydrogen) atoms. The normalized spacial score (nSPS) is 10.3. The average Bonchev–Trinajstić information content (AvgIpc) is 2.45. The Kier molecular flexibility index (Phi) is 5.42. The van der Waals surface area contributed by atoms with Crippen LogP contribution in [0.2, 0.25) is 0 Å². The van der Waals surface area contributed by atoms with Crippen molar-refractivity contribution in [3.8, 4) is 5.75 Å². The van der Waals surface area contributed by atoms with Gasteiger partial charge in [0.25, 0.3) is 0 Å². The predicted molar refractivity (Wildman–Crippen MR) is 89.0 cm³/mol. The van der Waals surface area contributed by atoms with Gasteiger partial charge in [-0.25, -0.2) is 0 Å². The maximum atomic E-state index is 11.8. The highest BCUT2D eigenvalue weighted by Crippen LogP contribution is 2.15. The van der Waals surface area contributed by atoms with Crippen molar-refractivity contribution in [3.05, 3.63) is 59.2 Å². The van der Waals surface area contributed by atoms with Crippen molar-refractivity contribution < 1.29 is 9.53 Å². The number of nitrogen functional groups attached to an aromatic ring is 1. The van der Waals surface area contributed by atoms with Crippen LogP contribution in [0.3, 0.4) is 0 Å². The van der Waals surface area contributed by atoms with Crippen LogP contribution >= 0.6 is 0 Å². The molecule has 0 unspecified atom stereocenters. The molecule has 2 rings (SSSR count). The molecule has 116 valence electrons. The zero-order chi connectivity index (χ0) is 15.9. The summed E-state index contributed by atoms with van der Waals surface area (Å²) in [7, 11) is 0. The first-order valence-electron chi connectivity index (χ1n) is 7.35. The number of hydrogen-bond donors (Lipinski definition) is 2. The van der Waals surface area contributed by atoms with E-state index in [4.69, 9.17) is 10.5 Å². The largest absolute Gasteiger partial charge is 0.492 e. The second-order valence-corrected chi connectivity index (χ2v) is 5.44. The van der Waals surface area contributed by atoms with Crippen molar-refractivity contribution in [3.63, 3.8) is 0 Å². The molecule has 4 heteroatoms. The molecular formula is C18H22N2O2. The number of carbonyl (C=O) groups is 1. The third-order valence-corrected chi connectivity index (χ3v) is 3.23. The highest BCUT2D eigenvalue weighted by Gasteiger charge is 2.03. The van der Waals surface area contributed by atoms with Crippen LogP contribution in [0.15, 0.2) is 42.5 Å². The van der Waals surface area contributed by atoms with Crippen LogP contribution < -0.4 is 15.8 Å². The fraction of sp³-hybridized carbons (Fsp3) is 0.278. The van der Waals surface area contributed by atoms with E-state index in [0.717, 1.165) is 11.3 Å². The Morgan fingerprint density at radius 2 is 1.73 bits per heavy atom. The Labute approximate surface area is 131 Å². The lowest BCUT2D eigenvalue weighted by atomic mass is 10.1. The first-order chi connectivity index (χ1) is 10.5. The van der Waals surface area contributed by atoms with E-state index in [1.54, 1.807) is 12.1 Å². The summed E-state index contributed by atoms with van der Waals surface area (Å²) in [6.45, 7) is 5.01. The first-order valence-corrected chi connectivity index (χ1v) is 7.35. The molecule has 0 aliphatic rings. The Morgan fingerprint density at radius 1 is 1.09 bits per heavy atom. The molecule has 0 aliphatic heterocycles. The van der Waals surface area contributed by atoms with E-state index < -0.39 is 0 Å². The lowest BCUT2D eigenvalue weighted by Crippen LogP contribution is -2.29. The quantitative estimate of drug-likeness (QED) is 0.636. The molecule has 0 aliphatic carbocycles. The van der Waals surface area contributed by atoms with E-state index in [2.05, 4.69) is 11.4 Å². The first kappa shape index (κ1) is 15.9. The Bertz CT molecular complexity index is 616. The van der Waals surface area contributed by atoms with Gasteiger partial charge in [0, 0.05) is 5.69 Å². The van der Waals surface area contributed by atoms with Gasteiger partial charge in [0.1, 0.15) is 12.4 Å². The van der Waals surface area contributed by atoms with Crippen LogP contribution in [0.1, 0.15) is 16.7 Å². The van der Waals surface area contributed by atoms with Crippen molar-refractivity contribution in [2.24, 2.45) is 0 Å². The molecule has 2 aromatic rings. The molecule has 0 fully saturated rings. The van der Waals surface area contributed by atoms with Crippen molar-refractivity contribution >= 4 is 11.6 Å². The van der Waals surface area contributed by atoms with Gasteiger partial charge in [-0.3, -0.25) is 4.79 Å². The van der Waals surface area contributed by atoms with E-state index in [9.17, 15) is 4.79 Å². The molecule has 0 saturated heterocycles. The minimum atomic E-state index is -0.0196. The summed E-state index contributed by atoms with van der Waals surface area (Å²) in [4.78, 5) is 11.8. The lowest BCUT2D eigenvalue weighted by molar-refractivity contribution is -0.120. The fourth-order valence-corrected chi connectivity index (χ4v) is 2.26. The average molecular weight is 298 g/mol. The van der Waals surface area contributed by atoms with Gasteiger partial charge < -0.3 is 15.8 Å². The summed E-state index contributed by atoms with van der Waals surface area (Å²) in [5.74, 6) is 0.819. The second kappa shape index (κ2) is 7.50. The number of hydrogen-bond acceptors (Lipinski definition) is 3. The minimum Gasteiger partial charge on any atom is -0.492 e. The standard InChI is InChI=1S/C18H22N2O2/c1-13-9-14(2)11-17(10-13)22-8-7-20-18(21)12-15-3-5-16(19)6-4-15/h3-6,9-11H,7-8,12,19H2,1-2H3,(H,20,21). The Balaban J connectivity index is 1.71. The van der Waals surface area contributed by atoms with Crippen molar-refractivity contribution in [1.82, 2.24) is 5.32 Å². The van der Waals surface area contributed by atoms with Gasteiger partial charge in [-0.2, -0.15) is 0 Å². The van der Waals surface area contributed by atoms with Crippen molar-refractivity contribution in [1.29, 1.82) is 0 Å². The van der Waals surface area contributed by atoms with Crippen LogP contribution in [0.5, 0.6) is 5.75 Å². The van der Waals surface area contributed by atoms with E-state index >= 15 is 0 Å². The molecule has 2 aromatic carbocycles. The molecule has 0 heterocycles. The molecular weight excluding hydrogens is 276 g/mol. The highest BCUT2D eigenvalue weighted by atomic mass is 16.5. The maximum Gasteiger partial charge on any atom is 0.224 e. The van der Waals surface area contributed by atoms with Crippen molar-refractivity contribution in [2.45, 2.75) is 20.3 Å². The second-order valence-electron chi connectivity index (χ2n) is 5.44. The summed E-state index contributed by atoms with van der Waals surface area (Å²) in [5.41, 5.74) is 9.60. The number of aryl methyl sites for hydroxylation is 2. The van der Waals surface area contributed by atoms with Gasteiger partial charge in [0.05, 0.1) is 13.0 Å². The molecule has 0 saturated carbocycles. The van der Waals surface area contributed by atoms with Gasteiger partial charge in [0.15, 0.2) is 0 Å². The minimum absolute atomic E-state index is 0.0196. The van der Waals surface area contributed by atoms with Crippen LogP contribution in [-0.4, -0.2) is 19.1 Å². The molecule has 1 amide bonds. The van der Waals surface area contributed by atoms with Gasteiger partial charge in [-0.05, 0) is 54.8 Å². The third kappa shape index (κ3) is 5.13. The van der Waals surface area contributed by atoms with E-state index in [1.165, 1.54) is 11.1 Å². The highest BCUT2D eigenvalue weighted by molar-refractivity contribution is 5.78. The smallest absolute Gasteiger partial charge is 0.224 e. The molecule has 0 radical (unpaired) electrons. The van der Waals surface area contributed by atoms with Gasteiger partial charge >= 0.3 is 0 Å². The van der Waals surface area contributed by atoms with Crippen LogP contribution in [0, 0.1) is 13.8 Å². The Morgan fingerprint density at radius 3 is 2.36 bits per heavy atom. The molecule has 0 bridgehead atoms. The molecule has 0 aromatic heterocycles. The summed E-state index contributed by atoms with van der Waals surface area (Å²) >= 11 is 0. The number of benzene rings is 2. The van der Waals surface area contributed by atoms with E-state index in [-0.39, 0.29) is 5.91 Å². The fourth-order valence-electron chi connectivity index (χ4n) is 2.26. The topological polar surface area (TPSA) is 64.3 Å². The van der Waals surface area contributed by atoms with E-state index in [0.29, 0.717) is 25.3 Å². The summed E-state index contributed by atoms with van der Waals surface area (Å²) in [5, 5.41) is 2.85. The van der Waals surface area contributed by atoms with Crippen LogP contribution in [0.25, 0.3) is 0 Å². The zero-order valence-electron chi connectivity index (χ0n) is 13.1. The third-order valence-electron chi connectivity index (χ3n) is 3.23. The summed E-state index contributed by atoms with van der Waals surface area (Å²) < 4.78 is 5.65. The monoisotopic (exact) mass is 298 g/mol. The Hall–Kier alpha value is -2.49. The van der Waals surface area contributed by atoms with Gasteiger partial charge in [0.2, 0.25) is 5.91 Å². The van der Waals surface area contributed by atoms with E-state index in [1.807, 2.05) is 38.1 Å². The number of carbonyl (C=O) groups excluding carboxylic acids is 1. The predicted octanol–water partition coefficient (Wildman–Crippen LogP) is 2.62. The molecule has 0 atom stereocenters. The summed E-state index contributed by atoms with van der Waals surface area (Å²) in [6.07, 6.45) is 0.351. The maximum absolute atomic E-state index is 11.8. The van der Waals surface area contributed by atoms with Gasteiger partial charge in [-0.15, -0.1) is 0 Å². The zero-order valence-corrected chi connectivity index (χ0v) is 13.1. The molecule has 4 nitrogen and oxygen atoms in total. The van der Waals surface area contributed by atoms with Gasteiger partial charge in [-0.1, -0.05) is 18.2 Å².